The van der Waals surface area contributed by atoms with Crippen LogP contribution < -0.4 is 10.6 Å². The summed E-state index contributed by atoms with van der Waals surface area (Å²) in [6.45, 7) is 0. The lowest BCUT2D eigenvalue weighted by Gasteiger charge is -2.30. The number of aromatic nitrogens is 1. The highest BCUT2D eigenvalue weighted by Crippen LogP contribution is 2.61. The lowest BCUT2D eigenvalue weighted by molar-refractivity contribution is 0.588. The number of para-hydroxylation sites is 1. The zero-order valence-corrected chi connectivity index (χ0v) is 24.4. The molecule has 2 atom stereocenters. The van der Waals surface area contributed by atoms with Crippen LogP contribution in [-0.2, 0) is 4.57 Å². The molecule has 204 valence electrons. The predicted molar refractivity (Wildman–Crippen MR) is 181 cm³/mol. The Bertz CT molecular complexity index is 2310. The molecular formula is C40H28NOP. The molecule has 5 aromatic carbocycles. The average molecular weight is 570 g/mol. The fraction of sp³-hybridized carbons (Fsp3) is 0.0500. The first-order chi connectivity index (χ1) is 21.2. The molecule has 3 heteroatoms. The maximum atomic E-state index is 16.1. The van der Waals surface area contributed by atoms with Crippen molar-refractivity contribution in [2.75, 3.05) is 0 Å². The van der Waals surface area contributed by atoms with E-state index in [-0.39, 0.29) is 5.92 Å². The molecule has 0 bridgehead atoms. The molecule has 6 aromatic rings. The van der Waals surface area contributed by atoms with E-state index in [1.165, 1.54) is 21.7 Å². The Kier molecular flexibility index (Phi) is 5.33. The fourth-order valence-electron chi connectivity index (χ4n) is 7.45. The standard InChI is InChI=1S/C40H28NOP/c42-43(30-25-24-27-12-1-2-14-29(27)26-30)37-22-9-6-18-33(37)39-32-17-5-8-20-36(32)41(40(39)34-19-7-10-23-38(34)43)35-21-11-15-28-13-3-4-16-31(28)35/h1-25,29H,26H2. The molecule has 9 rings (SSSR count). The zero-order chi connectivity index (χ0) is 28.5. The quantitative estimate of drug-likeness (QED) is 0.190. The number of allylic oxidation sites excluding steroid dienone is 8. The largest absolute Gasteiger partial charge is 0.309 e. The maximum Gasteiger partial charge on any atom is 0.168 e. The summed E-state index contributed by atoms with van der Waals surface area (Å²) in [6, 6.07) is 40.7. The molecular weight excluding hydrogens is 541 g/mol. The minimum atomic E-state index is -3.22. The summed E-state index contributed by atoms with van der Waals surface area (Å²) >= 11 is 0. The first kappa shape index (κ1) is 24.7. The van der Waals surface area contributed by atoms with Gasteiger partial charge in [-0.1, -0.05) is 140 Å². The van der Waals surface area contributed by atoms with E-state index in [2.05, 4.69) is 156 Å². The second-order valence-electron chi connectivity index (χ2n) is 11.6. The van der Waals surface area contributed by atoms with Crippen LogP contribution in [-0.4, -0.2) is 4.57 Å². The number of hydrogen-bond donors (Lipinski definition) is 0. The summed E-state index contributed by atoms with van der Waals surface area (Å²) in [5.41, 5.74) is 7.91. The van der Waals surface area contributed by atoms with Crippen molar-refractivity contribution in [2.45, 2.75) is 6.42 Å². The zero-order valence-electron chi connectivity index (χ0n) is 23.5. The Balaban J connectivity index is 1.44. The molecule has 0 saturated carbocycles. The highest BCUT2D eigenvalue weighted by molar-refractivity contribution is 7.83. The molecule has 0 amide bonds. The van der Waals surface area contributed by atoms with E-state index in [4.69, 9.17) is 0 Å². The van der Waals surface area contributed by atoms with E-state index in [0.29, 0.717) is 0 Å². The van der Waals surface area contributed by atoms with Crippen molar-refractivity contribution < 1.29 is 4.57 Å². The van der Waals surface area contributed by atoms with Gasteiger partial charge in [-0.05, 0) is 40.4 Å². The number of nitrogens with zero attached hydrogens (tertiary/aromatic N) is 1. The van der Waals surface area contributed by atoms with Crippen LogP contribution >= 0.6 is 7.14 Å². The highest BCUT2D eigenvalue weighted by atomic mass is 31.2. The van der Waals surface area contributed by atoms with Gasteiger partial charge in [0.15, 0.2) is 7.14 Å². The third kappa shape index (κ3) is 3.45. The van der Waals surface area contributed by atoms with Crippen LogP contribution in [0.1, 0.15) is 6.42 Å². The number of fused-ring (bicyclic) bond motifs is 9. The Morgan fingerprint density at radius 1 is 0.651 bits per heavy atom. The van der Waals surface area contributed by atoms with Crippen molar-refractivity contribution in [3.05, 3.63) is 163 Å². The maximum absolute atomic E-state index is 16.1. The molecule has 0 spiro atoms. The van der Waals surface area contributed by atoms with Gasteiger partial charge in [0, 0.05) is 38.4 Å². The van der Waals surface area contributed by atoms with Gasteiger partial charge in [0.25, 0.3) is 0 Å². The average Bonchev–Trinajstić information content (AvgIpc) is 3.37. The topological polar surface area (TPSA) is 22.0 Å². The minimum Gasteiger partial charge on any atom is -0.309 e. The van der Waals surface area contributed by atoms with E-state index < -0.39 is 7.14 Å². The van der Waals surface area contributed by atoms with Crippen molar-refractivity contribution in [3.8, 4) is 28.1 Å². The predicted octanol–water partition coefficient (Wildman–Crippen LogP) is 9.70. The van der Waals surface area contributed by atoms with Crippen molar-refractivity contribution >= 4 is 39.4 Å². The van der Waals surface area contributed by atoms with Crippen molar-refractivity contribution in [1.29, 1.82) is 0 Å². The monoisotopic (exact) mass is 569 g/mol. The van der Waals surface area contributed by atoms with E-state index >= 15 is 4.57 Å². The summed E-state index contributed by atoms with van der Waals surface area (Å²) in [4.78, 5) is 0. The molecule has 3 aliphatic rings. The lowest BCUT2D eigenvalue weighted by Crippen LogP contribution is -2.22. The van der Waals surface area contributed by atoms with Gasteiger partial charge in [-0.15, -0.1) is 0 Å². The molecule has 1 aliphatic heterocycles. The summed E-state index contributed by atoms with van der Waals surface area (Å²) in [5, 5.41) is 6.43. The first-order valence-corrected chi connectivity index (χ1v) is 16.6. The van der Waals surface area contributed by atoms with Crippen LogP contribution in [0.25, 0.3) is 49.7 Å². The summed E-state index contributed by atoms with van der Waals surface area (Å²) < 4.78 is 18.6. The van der Waals surface area contributed by atoms with Crippen LogP contribution in [0.2, 0.25) is 0 Å². The van der Waals surface area contributed by atoms with E-state index in [9.17, 15) is 0 Å². The van der Waals surface area contributed by atoms with Gasteiger partial charge in [-0.3, -0.25) is 0 Å². The third-order valence-corrected chi connectivity index (χ3v) is 12.6. The summed E-state index contributed by atoms with van der Waals surface area (Å²) in [6.07, 6.45) is 13.7. The highest BCUT2D eigenvalue weighted by Gasteiger charge is 2.42. The van der Waals surface area contributed by atoms with E-state index in [1.54, 1.807) is 0 Å². The van der Waals surface area contributed by atoms with E-state index in [1.807, 2.05) is 0 Å². The number of benzene rings is 5. The SMILES string of the molecule is O=P1(C2=CC=C3C=CC=CC3C2)c2ccccc2-c2c(n(-c3cccc4ccccc34)c3ccccc23)-c2ccccc21. The smallest absolute Gasteiger partial charge is 0.168 e. The van der Waals surface area contributed by atoms with Crippen molar-refractivity contribution in [2.24, 2.45) is 5.92 Å². The van der Waals surface area contributed by atoms with Crippen LogP contribution in [0, 0.1) is 5.92 Å². The van der Waals surface area contributed by atoms with Crippen LogP contribution in [0.15, 0.2) is 163 Å². The van der Waals surface area contributed by atoms with Gasteiger partial charge in [0.1, 0.15) is 0 Å². The van der Waals surface area contributed by atoms with Gasteiger partial charge >= 0.3 is 0 Å². The van der Waals surface area contributed by atoms with Gasteiger partial charge in [-0.2, -0.15) is 0 Å². The van der Waals surface area contributed by atoms with Crippen LogP contribution in [0.3, 0.4) is 0 Å². The Labute approximate surface area is 251 Å². The van der Waals surface area contributed by atoms with Crippen molar-refractivity contribution in [1.82, 2.24) is 4.57 Å². The Morgan fingerprint density at radius 3 is 2.23 bits per heavy atom. The fourth-order valence-corrected chi connectivity index (χ4v) is 10.7. The normalized spacial score (nSPS) is 20.0. The van der Waals surface area contributed by atoms with Crippen LogP contribution in [0.5, 0.6) is 0 Å². The van der Waals surface area contributed by atoms with Gasteiger partial charge in [0.2, 0.25) is 0 Å². The van der Waals surface area contributed by atoms with Crippen LogP contribution in [0.4, 0.5) is 0 Å². The number of hydrogen-bond acceptors (Lipinski definition) is 1. The second kappa shape index (κ2) is 9.30. The summed E-state index contributed by atoms with van der Waals surface area (Å²) in [7, 11) is -3.22. The number of rotatable bonds is 2. The molecule has 0 N–H and O–H groups in total. The molecule has 2 unspecified atom stereocenters. The first-order valence-electron chi connectivity index (χ1n) is 14.9. The minimum absolute atomic E-state index is 0.242. The second-order valence-corrected chi connectivity index (χ2v) is 14.4. The molecule has 0 saturated heterocycles. The molecule has 1 aromatic heterocycles. The molecule has 0 radical (unpaired) electrons. The Morgan fingerprint density at radius 2 is 1.35 bits per heavy atom. The molecule has 2 aliphatic carbocycles. The molecule has 2 heterocycles. The summed E-state index contributed by atoms with van der Waals surface area (Å²) in [5.74, 6) is 0.242. The van der Waals surface area contributed by atoms with E-state index in [0.717, 1.165) is 55.9 Å². The van der Waals surface area contributed by atoms with Gasteiger partial charge < -0.3 is 9.13 Å². The van der Waals surface area contributed by atoms with Gasteiger partial charge in [-0.25, -0.2) is 0 Å². The van der Waals surface area contributed by atoms with Crippen molar-refractivity contribution in [3.63, 3.8) is 0 Å². The molecule has 2 nitrogen and oxygen atoms in total. The van der Waals surface area contributed by atoms with Gasteiger partial charge in [0.05, 0.1) is 16.9 Å². The third-order valence-electron chi connectivity index (χ3n) is 9.37. The lowest BCUT2D eigenvalue weighted by atomic mass is 9.88. The molecule has 0 fully saturated rings. The molecule has 43 heavy (non-hydrogen) atoms. The Hall–Kier alpha value is -4.91.